The molecule has 0 radical (unpaired) electrons. The average molecular weight is 295 g/mol. The Balaban J connectivity index is 2.23. The lowest BCUT2D eigenvalue weighted by Gasteiger charge is -2.13. The Morgan fingerprint density at radius 2 is 2.09 bits per heavy atom. The van der Waals surface area contributed by atoms with Crippen LogP contribution in [0.2, 0.25) is 0 Å². The van der Waals surface area contributed by atoms with Gasteiger partial charge < -0.3 is 4.74 Å². The summed E-state index contributed by atoms with van der Waals surface area (Å²) < 4.78 is 5.40. The molecule has 2 aromatic heterocycles. The molecule has 5 nitrogen and oxygen atoms in total. The molecule has 0 saturated heterocycles. The number of ketones is 1. The van der Waals surface area contributed by atoms with Gasteiger partial charge in [-0.2, -0.15) is 0 Å². The second kappa shape index (κ2) is 5.67. The van der Waals surface area contributed by atoms with E-state index < -0.39 is 0 Å². The lowest BCUT2D eigenvalue weighted by atomic mass is 10.1. The van der Waals surface area contributed by atoms with Crippen molar-refractivity contribution in [2.24, 2.45) is 4.99 Å². The molecule has 0 bridgehead atoms. The highest BCUT2D eigenvalue weighted by molar-refractivity contribution is 6.10. The van der Waals surface area contributed by atoms with Crippen molar-refractivity contribution in [2.45, 2.75) is 20.3 Å². The maximum Gasteiger partial charge on any atom is 0.181 e. The van der Waals surface area contributed by atoms with Crippen molar-refractivity contribution in [2.75, 3.05) is 13.7 Å². The van der Waals surface area contributed by atoms with Gasteiger partial charge in [-0.3, -0.25) is 9.79 Å². The number of carbonyl (C=O) groups is 1. The third-order valence-corrected chi connectivity index (χ3v) is 3.66. The van der Waals surface area contributed by atoms with Gasteiger partial charge in [0.05, 0.1) is 24.0 Å². The first-order valence-corrected chi connectivity index (χ1v) is 7.18. The number of dihydropyridines is 1. The van der Waals surface area contributed by atoms with E-state index in [4.69, 9.17) is 9.72 Å². The second-order valence-corrected chi connectivity index (χ2v) is 5.21. The number of aryl methyl sites for hydroxylation is 1. The van der Waals surface area contributed by atoms with Gasteiger partial charge in [0.2, 0.25) is 0 Å². The molecule has 1 aliphatic rings. The van der Waals surface area contributed by atoms with Crippen LogP contribution in [-0.2, 0) is 0 Å². The largest absolute Gasteiger partial charge is 0.494 e. The predicted octanol–water partition coefficient (Wildman–Crippen LogP) is 3.01. The number of aromatic nitrogens is 2. The molecule has 0 N–H and O–H groups in total. The number of Topliss-reactive ketones (excluding diaryl/α,β-unsaturated/α-hetero) is 1. The highest BCUT2D eigenvalue weighted by Gasteiger charge is 2.17. The third-order valence-electron chi connectivity index (χ3n) is 3.66. The van der Waals surface area contributed by atoms with E-state index in [0.29, 0.717) is 11.4 Å². The summed E-state index contributed by atoms with van der Waals surface area (Å²) in [5.74, 6) is 0.367. The maximum atomic E-state index is 11.7. The molecule has 0 amide bonds. The molecule has 2 aromatic rings. The highest BCUT2D eigenvalue weighted by Crippen LogP contribution is 2.30. The van der Waals surface area contributed by atoms with E-state index in [-0.39, 0.29) is 5.78 Å². The minimum atomic E-state index is -0.118. The first kappa shape index (κ1) is 14.4. The molecule has 0 spiro atoms. The quantitative estimate of drug-likeness (QED) is 0.816. The smallest absolute Gasteiger partial charge is 0.181 e. The Morgan fingerprint density at radius 1 is 1.27 bits per heavy atom. The number of hydrogen-bond donors (Lipinski definition) is 0. The fourth-order valence-corrected chi connectivity index (χ4v) is 2.60. The van der Waals surface area contributed by atoms with Crippen molar-refractivity contribution >= 4 is 28.5 Å². The fraction of sp³-hybridized carbons (Fsp3) is 0.294. The van der Waals surface area contributed by atoms with Crippen molar-refractivity contribution < 1.29 is 9.53 Å². The predicted molar refractivity (Wildman–Crippen MR) is 86.8 cm³/mol. The van der Waals surface area contributed by atoms with Gasteiger partial charge in [0.25, 0.3) is 0 Å². The summed E-state index contributed by atoms with van der Waals surface area (Å²) in [6.45, 7) is 4.17. The maximum absolute atomic E-state index is 11.7. The summed E-state index contributed by atoms with van der Waals surface area (Å²) >= 11 is 0. The first-order chi connectivity index (χ1) is 10.6. The Labute approximate surface area is 128 Å². The molecule has 0 aromatic carbocycles. The van der Waals surface area contributed by atoms with E-state index in [2.05, 4.69) is 16.1 Å². The number of carbonyl (C=O) groups excluding carboxylic acids is 1. The molecule has 0 saturated carbocycles. The molecule has 0 fully saturated rings. The summed E-state index contributed by atoms with van der Waals surface area (Å²) in [6, 6.07) is 3.86. The number of rotatable bonds is 3. The van der Waals surface area contributed by atoms with Gasteiger partial charge in [-0.15, -0.1) is 0 Å². The summed E-state index contributed by atoms with van der Waals surface area (Å²) in [5, 5.41) is 0.803. The Hall–Kier alpha value is -2.56. The van der Waals surface area contributed by atoms with Gasteiger partial charge >= 0.3 is 0 Å². The van der Waals surface area contributed by atoms with Crippen LogP contribution < -0.4 is 4.74 Å². The zero-order chi connectivity index (χ0) is 15.7. The number of nitrogens with zero attached hydrogens (tertiary/aromatic N) is 3. The lowest BCUT2D eigenvalue weighted by molar-refractivity contribution is 0.101. The van der Waals surface area contributed by atoms with Gasteiger partial charge in [0.15, 0.2) is 11.5 Å². The SMILES string of the molecule is COc1c(C(C)=O)nc(C)c2nc(C3=CCCN=C3)ccc12. The number of pyridine rings is 2. The van der Waals surface area contributed by atoms with Crippen LogP contribution in [0.1, 0.15) is 35.2 Å². The van der Waals surface area contributed by atoms with Gasteiger partial charge in [0.1, 0.15) is 5.69 Å². The molecule has 0 aliphatic carbocycles. The molecule has 0 atom stereocenters. The van der Waals surface area contributed by atoms with Crippen LogP contribution in [0.3, 0.4) is 0 Å². The molecule has 1 aliphatic heterocycles. The van der Waals surface area contributed by atoms with Crippen LogP contribution in [0.5, 0.6) is 5.75 Å². The Kier molecular flexibility index (Phi) is 3.71. The number of allylic oxidation sites excluding steroid dienone is 1. The zero-order valence-electron chi connectivity index (χ0n) is 12.9. The van der Waals surface area contributed by atoms with Crippen LogP contribution in [0, 0.1) is 6.92 Å². The summed E-state index contributed by atoms with van der Waals surface area (Å²) in [4.78, 5) is 25.1. The normalized spacial score (nSPS) is 14.0. The van der Waals surface area contributed by atoms with Crippen LogP contribution in [0.25, 0.3) is 16.5 Å². The molecule has 3 heterocycles. The lowest BCUT2D eigenvalue weighted by Crippen LogP contribution is -2.05. The van der Waals surface area contributed by atoms with Gasteiger partial charge in [-0.05, 0) is 25.5 Å². The van der Waals surface area contributed by atoms with Crippen LogP contribution in [0.15, 0.2) is 23.2 Å². The topological polar surface area (TPSA) is 64.4 Å². The number of ether oxygens (including phenoxy) is 1. The monoisotopic (exact) mass is 295 g/mol. The standard InChI is InChI=1S/C17H17N3O2/c1-10-15-13(17(22-3)16(19-10)11(2)21)6-7-14(20-15)12-5-4-8-18-9-12/h5-7,9H,4,8H2,1-3H3. The van der Waals surface area contributed by atoms with Crippen LogP contribution >= 0.6 is 0 Å². The van der Waals surface area contributed by atoms with E-state index in [1.165, 1.54) is 6.92 Å². The second-order valence-electron chi connectivity index (χ2n) is 5.21. The first-order valence-electron chi connectivity index (χ1n) is 7.18. The zero-order valence-corrected chi connectivity index (χ0v) is 12.9. The highest BCUT2D eigenvalue weighted by atomic mass is 16.5. The van der Waals surface area contributed by atoms with Crippen molar-refractivity contribution in [3.05, 3.63) is 35.3 Å². The molecule has 3 rings (SSSR count). The summed E-state index contributed by atoms with van der Waals surface area (Å²) in [7, 11) is 1.54. The van der Waals surface area contributed by atoms with Crippen LogP contribution in [-0.4, -0.2) is 35.6 Å². The minimum Gasteiger partial charge on any atom is -0.494 e. The average Bonchev–Trinajstić information content (AvgIpc) is 2.55. The Morgan fingerprint density at radius 3 is 2.73 bits per heavy atom. The van der Waals surface area contributed by atoms with E-state index >= 15 is 0 Å². The number of hydrogen-bond acceptors (Lipinski definition) is 5. The molecule has 22 heavy (non-hydrogen) atoms. The fourth-order valence-electron chi connectivity index (χ4n) is 2.60. The van der Waals surface area contributed by atoms with Crippen molar-refractivity contribution in [1.82, 2.24) is 9.97 Å². The summed E-state index contributed by atoms with van der Waals surface area (Å²) in [5.41, 5.74) is 3.69. The Bertz CT molecular complexity index is 822. The number of methoxy groups -OCH3 is 1. The molecule has 5 heteroatoms. The van der Waals surface area contributed by atoms with E-state index in [1.54, 1.807) is 7.11 Å². The van der Waals surface area contributed by atoms with Gasteiger partial charge in [-0.1, -0.05) is 6.08 Å². The molecule has 112 valence electrons. The third kappa shape index (κ3) is 2.39. The number of fused-ring (bicyclic) bond motifs is 1. The van der Waals surface area contributed by atoms with E-state index in [9.17, 15) is 4.79 Å². The molecule has 0 unspecified atom stereocenters. The molecular weight excluding hydrogens is 278 g/mol. The van der Waals surface area contributed by atoms with Crippen molar-refractivity contribution in [3.63, 3.8) is 0 Å². The van der Waals surface area contributed by atoms with E-state index in [0.717, 1.165) is 40.8 Å². The van der Waals surface area contributed by atoms with E-state index in [1.807, 2.05) is 25.3 Å². The van der Waals surface area contributed by atoms with Crippen molar-refractivity contribution in [3.8, 4) is 5.75 Å². The van der Waals surface area contributed by atoms with Gasteiger partial charge in [-0.25, -0.2) is 9.97 Å². The van der Waals surface area contributed by atoms with Gasteiger partial charge in [0, 0.05) is 30.6 Å². The van der Waals surface area contributed by atoms with Crippen molar-refractivity contribution in [1.29, 1.82) is 0 Å². The summed E-state index contributed by atoms with van der Waals surface area (Å²) in [6.07, 6.45) is 4.90. The van der Waals surface area contributed by atoms with Crippen LogP contribution in [0.4, 0.5) is 0 Å². The number of aliphatic imine (C=N–C) groups is 1. The molecular formula is C17H17N3O2. The minimum absolute atomic E-state index is 0.118.